The molecule has 0 aliphatic heterocycles. The van der Waals surface area contributed by atoms with Crippen molar-refractivity contribution in [3.63, 3.8) is 0 Å². The summed E-state index contributed by atoms with van der Waals surface area (Å²) in [5.74, 6) is 0. The van der Waals surface area contributed by atoms with Crippen LogP contribution in [-0.2, 0) is 0 Å². The zero-order valence-electron chi connectivity index (χ0n) is 9.08. The van der Waals surface area contributed by atoms with E-state index in [-0.39, 0.29) is 0 Å². The van der Waals surface area contributed by atoms with Crippen molar-refractivity contribution in [1.29, 1.82) is 0 Å². The molecule has 0 aliphatic rings. The number of nitrogens with zero attached hydrogens (tertiary/aromatic N) is 3. The lowest BCUT2D eigenvalue weighted by Crippen LogP contribution is -2.30. The Morgan fingerprint density at radius 1 is 1.00 bits per heavy atom. The molecule has 0 spiro atoms. The van der Waals surface area contributed by atoms with E-state index in [0.29, 0.717) is 0 Å². The van der Waals surface area contributed by atoms with Crippen LogP contribution in [-0.4, -0.2) is 8.24 Å². The minimum absolute atomic E-state index is 1.16. The first-order valence-electron chi connectivity index (χ1n) is 5.31. The summed E-state index contributed by atoms with van der Waals surface area (Å²) >= 11 is 0. The van der Waals surface area contributed by atoms with Gasteiger partial charge >= 0.3 is 0 Å². The fourth-order valence-corrected chi connectivity index (χ4v) is 6.05. The van der Waals surface area contributed by atoms with Crippen molar-refractivity contribution in [2.45, 2.75) is 58.2 Å². The number of hydrogen-bond acceptors (Lipinski definition) is 1. The molecule has 0 atom stereocenters. The van der Waals surface area contributed by atoms with E-state index in [2.05, 4.69) is 30.5 Å². The van der Waals surface area contributed by atoms with Gasteiger partial charge in [-0.3, -0.25) is 0 Å². The molecule has 0 unspecified atom stereocenters. The summed E-state index contributed by atoms with van der Waals surface area (Å²) in [6, 6.07) is 3.50. The van der Waals surface area contributed by atoms with Gasteiger partial charge in [-0.2, -0.15) is 0 Å². The molecule has 76 valence electrons. The van der Waals surface area contributed by atoms with Gasteiger partial charge in [-0.05, 0) is 10.4 Å². The van der Waals surface area contributed by atoms with E-state index in [1.54, 1.807) is 0 Å². The fraction of sp³-hybridized carbons (Fsp3) is 1.00. The van der Waals surface area contributed by atoms with Crippen molar-refractivity contribution in [3.05, 3.63) is 10.4 Å². The van der Waals surface area contributed by atoms with E-state index < -0.39 is 8.24 Å². The van der Waals surface area contributed by atoms with Crippen molar-refractivity contribution in [2.24, 2.45) is 4.78 Å². The molecule has 4 heteroatoms. The van der Waals surface area contributed by atoms with Crippen LogP contribution in [0.15, 0.2) is 4.78 Å². The zero-order chi connectivity index (χ0) is 10.2. The summed E-state index contributed by atoms with van der Waals surface area (Å²) < 4.78 is 4.14. The van der Waals surface area contributed by atoms with Crippen LogP contribution in [0, 0.1) is 0 Å². The lowest BCUT2D eigenvalue weighted by atomic mass is 10.6. The Balaban J connectivity index is 4.46. The third-order valence-corrected chi connectivity index (χ3v) is 7.21. The summed E-state index contributed by atoms with van der Waals surface area (Å²) in [5.41, 5.74) is 8.57. The second-order valence-corrected chi connectivity index (χ2v) is 7.81. The SMILES string of the molecule is CCC[Si](CCC)(CCC)N=[N+]=[N-]. The zero-order valence-corrected chi connectivity index (χ0v) is 10.1. The van der Waals surface area contributed by atoms with Crippen LogP contribution in [0.1, 0.15) is 40.0 Å². The molecule has 0 heterocycles. The highest BCUT2D eigenvalue weighted by Gasteiger charge is 2.28. The maximum atomic E-state index is 8.57. The largest absolute Gasteiger partial charge is 0.155 e. The molecule has 0 aliphatic carbocycles. The predicted octanol–water partition coefficient (Wildman–Crippen LogP) is 4.47. The van der Waals surface area contributed by atoms with Crippen LogP contribution in [0.2, 0.25) is 18.1 Å². The Bertz CT molecular complexity index is 159. The molecular formula is C9H21N3Si. The van der Waals surface area contributed by atoms with Gasteiger partial charge in [0.25, 0.3) is 0 Å². The van der Waals surface area contributed by atoms with E-state index in [1.165, 1.54) is 18.1 Å². The summed E-state index contributed by atoms with van der Waals surface area (Å²) in [6.07, 6.45) is 3.47. The monoisotopic (exact) mass is 199 g/mol. The van der Waals surface area contributed by atoms with Gasteiger partial charge in [0, 0.05) is 0 Å². The van der Waals surface area contributed by atoms with Gasteiger partial charge in [0.05, 0.1) is 0 Å². The molecule has 0 bridgehead atoms. The van der Waals surface area contributed by atoms with Gasteiger partial charge < -0.3 is 0 Å². The minimum atomic E-state index is -1.59. The van der Waals surface area contributed by atoms with Gasteiger partial charge in [0.15, 0.2) is 8.24 Å². The van der Waals surface area contributed by atoms with E-state index >= 15 is 0 Å². The van der Waals surface area contributed by atoms with E-state index in [1.807, 2.05) is 0 Å². The highest BCUT2D eigenvalue weighted by atomic mass is 28.3. The van der Waals surface area contributed by atoms with Crippen LogP contribution in [0.25, 0.3) is 10.4 Å². The summed E-state index contributed by atoms with van der Waals surface area (Å²) in [6.45, 7) is 6.54. The summed E-state index contributed by atoms with van der Waals surface area (Å²) in [4.78, 5) is 3.05. The quantitative estimate of drug-likeness (QED) is 0.251. The van der Waals surface area contributed by atoms with Crippen LogP contribution in [0.5, 0.6) is 0 Å². The first-order chi connectivity index (χ1) is 6.24. The Morgan fingerprint density at radius 3 is 1.62 bits per heavy atom. The van der Waals surface area contributed by atoms with Crippen LogP contribution < -0.4 is 0 Å². The van der Waals surface area contributed by atoms with Crippen molar-refractivity contribution >= 4 is 8.24 Å². The highest BCUT2D eigenvalue weighted by molar-refractivity contribution is 6.78. The first kappa shape index (κ1) is 12.5. The minimum Gasteiger partial charge on any atom is -0.124 e. The molecular weight excluding hydrogens is 178 g/mol. The maximum absolute atomic E-state index is 8.57. The Kier molecular flexibility index (Phi) is 6.73. The second kappa shape index (κ2) is 6.98. The molecule has 0 fully saturated rings. The molecule has 0 aromatic rings. The van der Waals surface area contributed by atoms with Gasteiger partial charge in [0.2, 0.25) is 0 Å². The number of rotatable bonds is 7. The lowest BCUT2D eigenvalue weighted by Gasteiger charge is -2.24. The third-order valence-electron chi connectivity index (χ3n) is 2.40. The summed E-state index contributed by atoms with van der Waals surface area (Å²) in [5, 5.41) is 0. The number of azide groups is 1. The summed E-state index contributed by atoms with van der Waals surface area (Å²) in [7, 11) is -1.59. The van der Waals surface area contributed by atoms with Crippen LogP contribution in [0.3, 0.4) is 0 Å². The fourth-order valence-electron chi connectivity index (χ4n) is 2.02. The van der Waals surface area contributed by atoms with Crippen molar-refractivity contribution in [1.82, 2.24) is 0 Å². The molecule has 3 nitrogen and oxygen atoms in total. The van der Waals surface area contributed by atoms with Gasteiger partial charge in [-0.1, -0.05) is 58.2 Å². The van der Waals surface area contributed by atoms with Crippen molar-refractivity contribution in [3.8, 4) is 0 Å². The maximum Gasteiger partial charge on any atom is 0.155 e. The molecule has 0 aromatic heterocycles. The Labute approximate surface area is 82.3 Å². The van der Waals surface area contributed by atoms with Crippen LogP contribution in [0.4, 0.5) is 0 Å². The topological polar surface area (TPSA) is 48.8 Å². The molecule has 0 aromatic carbocycles. The molecule has 13 heavy (non-hydrogen) atoms. The molecule has 0 amide bonds. The normalized spacial score (nSPS) is 11.0. The van der Waals surface area contributed by atoms with Crippen molar-refractivity contribution < 1.29 is 0 Å². The van der Waals surface area contributed by atoms with Gasteiger partial charge in [-0.25, -0.2) is 0 Å². The van der Waals surface area contributed by atoms with E-state index in [0.717, 1.165) is 19.3 Å². The third kappa shape index (κ3) is 4.34. The van der Waals surface area contributed by atoms with E-state index in [4.69, 9.17) is 5.53 Å². The molecule has 0 rings (SSSR count). The molecule has 0 N–H and O–H groups in total. The van der Waals surface area contributed by atoms with Gasteiger partial charge in [0.1, 0.15) is 0 Å². The number of hydrogen-bond donors (Lipinski definition) is 0. The smallest absolute Gasteiger partial charge is 0.124 e. The molecule has 0 saturated heterocycles. The standard InChI is InChI=1S/C9H21N3Si/c1-4-7-13(8-5-2,9-6-3)12-11-10/h4-9H2,1-3H3. The Hall–Kier alpha value is -0.473. The average Bonchev–Trinajstić information content (AvgIpc) is 2.06. The Morgan fingerprint density at radius 2 is 1.38 bits per heavy atom. The second-order valence-electron chi connectivity index (χ2n) is 3.66. The highest BCUT2D eigenvalue weighted by Crippen LogP contribution is 2.27. The average molecular weight is 199 g/mol. The van der Waals surface area contributed by atoms with E-state index in [9.17, 15) is 0 Å². The lowest BCUT2D eigenvalue weighted by molar-refractivity contribution is 0.915. The molecule has 0 radical (unpaired) electrons. The first-order valence-corrected chi connectivity index (χ1v) is 7.87. The van der Waals surface area contributed by atoms with Gasteiger partial charge in [-0.15, -0.1) is 4.78 Å². The van der Waals surface area contributed by atoms with Crippen molar-refractivity contribution in [2.75, 3.05) is 0 Å². The van der Waals surface area contributed by atoms with Crippen LogP contribution >= 0.6 is 0 Å². The predicted molar refractivity (Wildman–Crippen MR) is 60.2 cm³/mol. The molecule has 0 saturated carbocycles.